The zero-order valence-electron chi connectivity index (χ0n) is 16.4. The van der Waals surface area contributed by atoms with Gasteiger partial charge in [0.15, 0.2) is 5.96 Å². The Morgan fingerprint density at radius 1 is 1.15 bits per heavy atom. The summed E-state index contributed by atoms with van der Waals surface area (Å²) >= 11 is 0. The Morgan fingerprint density at radius 3 is 2.67 bits per heavy atom. The smallest absolute Gasteiger partial charge is 0.189 e. The van der Waals surface area contributed by atoms with E-state index in [2.05, 4.69) is 21.3 Å². The molecule has 1 heterocycles. The Kier molecular flexibility index (Phi) is 8.24. The number of nitrogens with one attached hydrogen (secondary N) is 1. The van der Waals surface area contributed by atoms with Crippen molar-refractivity contribution >= 4 is 5.96 Å². The molecule has 6 heteroatoms. The lowest BCUT2D eigenvalue weighted by atomic mass is 10.1. The van der Waals surface area contributed by atoms with Crippen molar-refractivity contribution in [2.45, 2.75) is 51.1 Å². The molecule has 1 saturated carbocycles. The summed E-state index contributed by atoms with van der Waals surface area (Å²) in [5, 5.41) is 3.40. The molecule has 0 unspecified atom stereocenters. The molecule has 27 heavy (non-hydrogen) atoms. The van der Waals surface area contributed by atoms with Gasteiger partial charge in [-0.3, -0.25) is 4.90 Å². The molecule has 0 spiro atoms. The third kappa shape index (κ3) is 7.03. The summed E-state index contributed by atoms with van der Waals surface area (Å²) in [6, 6.07) is 8.57. The lowest BCUT2D eigenvalue weighted by Gasteiger charge is -2.26. The Morgan fingerprint density at radius 2 is 1.89 bits per heavy atom. The molecule has 2 fully saturated rings. The van der Waals surface area contributed by atoms with Crippen LogP contribution in [0.1, 0.15) is 44.1 Å². The van der Waals surface area contributed by atoms with Gasteiger partial charge in [-0.15, -0.1) is 0 Å². The molecule has 1 saturated heterocycles. The van der Waals surface area contributed by atoms with Gasteiger partial charge in [0, 0.05) is 31.2 Å². The minimum absolute atomic E-state index is 0.469. The van der Waals surface area contributed by atoms with Crippen LogP contribution in [0, 0.1) is 0 Å². The second kappa shape index (κ2) is 11.1. The molecule has 0 bridgehead atoms. The van der Waals surface area contributed by atoms with E-state index in [9.17, 15) is 0 Å². The minimum Gasteiger partial charge on any atom is -0.492 e. The van der Waals surface area contributed by atoms with Gasteiger partial charge in [0.2, 0.25) is 0 Å². The van der Waals surface area contributed by atoms with E-state index in [0.29, 0.717) is 25.2 Å². The number of ether oxygens (including phenoxy) is 2. The molecular formula is C21H34N4O2. The fourth-order valence-electron chi connectivity index (χ4n) is 3.73. The van der Waals surface area contributed by atoms with Gasteiger partial charge in [-0.2, -0.15) is 0 Å². The van der Waals surface area contributed by atoms with Crippen molar-refractivity contribution in [1.29, 1.82) is 0 Å². The summed E-state index contributed by atoms with van der Waals surface area (Å²) in [5.41, 5.74) is 7.20. The maximum absolute atomic E-state index is 6.13. The van der Waals surface area contributed by atoms with Gasteiger partial charge in [0.1, 0.15) is 12.4 Å². The summed E-state index contributed by atoms with van der Waals surface area (Å²) in [5.74, 6) is 1.45. The number of rotatable bonds is 7. The van der Waals surface area contributed by atoms with E-state index in [0.717, 1.165) is 44.2 Å². The number of hydrogen-bond donors (Lipinski definition) is 2. The Labute approximate surface area is 163 Å². The van der Waals surface area contributed by atoms with E-state index in [-0.39, 0.29) is 0 Å². The molecule has 3 rings (SSSR count). The van der Waals surface area contributed by atoms with Crippen LogP contribution < -0.4 is 15.8 Å². The van der Waals surface area contributed by atoms with Crippen LogP contribution in [-0.4, -0.2) is 56.4 Å². The van der Waals surface area contributed by atoms with Crippen LogP contribution in [0.25, 0.3) is 0 Å². The third-order valence-electron chi connectivity index (χ3n) is 5.37. The Bertz CT molecular complexity index is 579. The van der Waals surface area contributed by atoms with Crippen LogP contribution in [0.3, 0.4) is 0 Å². The summed E-state index contributed by atoms with van der Waals surface area (Å²) in [7, 11) is 0. The molecule has 1 aliphatic heterocycles. The molecule has 2 aliphatic rings. The van der Waals surface area contributed by atoms with Gasteiger partial charge in [-0.05, 0) is 18.9 Å². The second-order valence-electron chi connectivity index (χ2n) is 7.44. The molecule has 1 aliphatic carbocycles. The SMILES string of the molecule is NC(=NCc1ccccc1OCCN1CCOCC1)NC1CCCCCC1. The van der Waals surface area contributed by atoms with Gasteiger partial charge >= 0.3 is 0 Å². The molecule has 3 N–H and O–H groups in total. The zero-order valence-corrected chi connectivity index (χ0v) is 16.4. The number of benzene rings is 1. The summed E-state index contributed by atoms with van der Waals surface area (Å²) in [6.07, 6.45) is 7.62. The highest BCUT2D eigenvalue weighted by Gasteiger charge is 2.13. The lowest BCUT2D eigenvalue weighted by Crippen LogP contribution is -2.39. The monoisotopic (exact) mass is 374 g/mol. The number of nitrogens with zero attached hydrogens (tertiary/aromatic N) is 2. The highest BCUT2D eigenvalue weighted by Crippen LogP contribution is 2.19. The fourth-order valence-corrected chi connectivity index (χ4v) is 3.73. The first-order valence-corrected chi connectivity index (χ1v) is 10.4. The molecular weight excluding hydrogens is 340 g/mol. The van der Waals surface area contributed by atoms with Gasteiger partial charge in [-0.1, -0.05) is 43.9 Å². The summed E-state index contributed by atoms with van der Waals surface area (Å²) < 4.78 is 11.4. The number of guanidine groups is 1. The van der Waals surface area contributed by atoms with Crippen molar-refractivity contribution in [3.05, 3.63) is 29.8 Å². The molecule has 0 atom stereocenters. The molecule has 0 aromatic heterocycles. The zero-order chi connectivity index (χ0) is 18.7. The molecule has 0 radical (unpaired) electrons. The van der Waals surface area contributed by atoms with E-state index in [4.69, 9.17) is 15.2 Å². The number of aliphatic imine (C=N–C) groups is 1. The Hall–Kier alpha value is -1.79. The van der Waals surface area contributed by atoms with Crippen LogP contribution >= 0.6 is 0 Å². The van der Waals surface area contributed by atoms with Crippen molar-refractivity contribution in [3.63, 3.8) is 0 Å². The van der Waals surface area contributed by atoms with Gasteiger partial charge < -0.3 is 20.5 Å². The first-order chi connectivity index (χ1) is 13.3. The molecule has 0 amide bonds. The lowest BCUT2D eigenvalue weighted by molar-refractivity contribution is 0.0322. The number of morpholine rings is 1. The maximum Gasteiger partial charge on any atom is 0.189 e. The predicted octanol–water partition coefficient (Wildman–Crippen LogP) is 2.52. The maximum atomic E-state index is 6.13. The highest BCUT2D eigenvalue weighted by molar-refractivity contribution is 5.78. The molecule has 1 aromatic carbocycles. The fraction of sp³-hybridized carbons (Fsp3) is 0.667. The van der Waals surface area contributed by atoms with Gasteiger partial charge in [0.25, 0.3) is 0 Å². The largest absolute Gasteiger partial charge is 0.492 e. The van der Waals surface area contributed by atoms with Crippen molar-refractivity contribution in [1.82, 2.24) is 10.2 Å². The van der Waals surface area contributed by atoms with Crippen molar-refractivity contribution in [2.75, 3.05) is 39.5 Å². The van der Waals surface area contributed by atoms with Gasteiger partial charge in [-0.25, -0.2) is 4.99 Å². The first kappa shape index (κ1) is 20.0. The first-order valence-electron chi connectivity index (χ1n) is 10.4. The van der Waals surface area contributed by atoms with E-state index in [1.807, 2.05) is 18.2 Å². The van der Waals surface area contributed by atoms with Crippen LogP contribution in [0.4, 0.5) is 0 Å². The topological polar surface area (TPSA) is 72.1 Å². The average molecular weight is 375 g/mol. The van der Waals surface area contributed by atoms with Crippen molar-refractivity contribution in [3.8, 4) is 5.75 Å². The number of para-hydroxylation sites is 1. The summed E-state index contributed by atoms with van der Waals surface area (Å²) in [6.45, 7) is 5.75. The summed E-state index contributed by atoms with van der Waals surface area (Å²) in [4.78, 5) is 6.93. The van der Waals surface area contributed by atoms with Crippen LogP contribution in [0.15, 0.2) is 29.3 Å². The number of hydrogen-bond acceptors (Lipinski definition) is 4. The van der Waals surface area contributed by atoms with E-state index >= 15 is 0 Å². The Balaban J connectivity index is 1.47. The van der Waals surface area contributed by atoms with Crippen molar-refractivity contribution < 1.29 is 9.47 Å². The molecule has 150 valence electrons. The quantitative estimate of drug-likeness (QED) is 0.436. The van der Waals surface area contributed by atoms with Crippen molar-refractivity contribution in [2.24, 2.45) is 10.7 Å². The second-order valence-corrected chi connectivity index (χ2v) is 7.44. The number of nitrogens with two attached hydrogens (primary N) is 1. The normalized spacial score (nSPS) is 20.2. The highest BCUT2D eigenvalue weighted by atomic mass is 16.5. The average Bonchev–Trinajstić information content (AvgIpc) is 2.97. The van der Waals surface area contributed by atoms with Gasteiger partial charge in [0.05, 0.1) is 19.8 Å². The molecule has 6 nitrogen and oxygen atoms in total. The van der Waals surface area contributed by atoms with Crippen LogP contribution in [0.2, 0.25) is 0 Å². The van der Waals surface area contributed by atoms with Crippen LogP contribution in [0.5, 0.6) is 5.75 Å². The van der Waals surface area contributed by atoms with E-state index in [1.165, 1.54) is 38.5 Å². The predicted molar refractivity (Wildman–Crippen MR) is 109 cm³/mol. The van der Waals surface area contributed by atoms with E-state index in [1.54, 1.807) is 0 Å². The van der Waals surface area contributed by atoms with Crippen LogP contribution in [-0.2, 0) is 11.3 Å². The minimum atomic E-state index is 0.469. The molecule has 1 aromatic rings. The third-order valence-corrected chi connectivity index (χ3v) is 5.37. The van der Waals surface area contributed by atoms with E-state index < -0.39 is 0 Å². The standard InChI is InChI=1S/C21H34N4O2/c22-21(24-19-8-3-1-2-4-9-19)23-17-18-7-5-6-10-20(18)27-16-13-25-11-14-26-15-12-25/h5-7,10,19H,1-4,8-9,11-17H2,(H3,22,23,24).